The number of rotatable bonds is 5. The zero-order valence-corrected chi connectivity index (χ0v) is 16.6. The highest BCUT2D eigenvalue weighted by atomic mass is 16.2. The average molecular weight is 373 g/mol. The molecule has 0 aromatic heterocycles. The van der Waals surface area contributed by atoms with E-state index in [9.17, 15) is 9.59 Å². The van der Waals surface area contributed by atoms with Crippen LogP contribution in [0.3, 0.4) is 0 Å². The molecule has 0 aliphatic carbocycles. The minimum atomic E-state index is 0.0240. The number of amides is 2. The van der Waals surface area contributed by atoms with Crippen LogP contribution in [0.25, 0.3) is 0 Å². The SMILES string of the molecule is Cc1ccccc1NC(=O)CN1CCN(CC(=O)N2CCCCC2C)CC1. The maximum absolute atomic E-state index is 12.6. The number of carbonyl (C=O) groups excluding carboxylic acids is 2. The van der Waals surface area contributed by atoms with E-state index in [4.69, 9.17) is 0 Å². The van der Waals surface area contributed by atoms with E-state index in [0.29, 0.717) is 19.1 Å². The van der Waals surface area contributed by atoms with Gasteiger partial charge in [-0.3, -0.25) is 19.4 Å². The van der Waals surface area contributed by atoms with Crippen molar-refractivity contribution in [3.63, 3.8) is 0 Å². The monoisotopic (exact) mass is 372 g/mol. The molecule has 6 nitrogen and oxygen atoms in total. The zero-order chi connectivity index (χ0) is 19.2. The van der Waals surface area contributed by atoms with E-state index in [-0.39, 0.29) is 11.8 Å². The van der Waals surface area contributed by atoms with E-state index >= 15 is 0 Å². The normalized spacial score (nSPS) is 21.9. The van der Waals surface area contributed by atoms with Crippen LogP contribution in [0.1, 0.15) is 31.7 Å². The fraction of sp³-hybridized carbons (Fsp3) is 0.619. The minimum absolute atomic E-state index is 0.0240. The molecular weight excluding hydrogens is 340 g/mol. The highest BCUT2D eigenvalue weighted by molar-refractivity contribution is 5.92. The summed E-state index contributed by atoms with van der Waals surface area (Å²) in [5.41, 5.74) is 1.95. The summed E-state index contributed by atoms with van der Waals surface area (Å²) in [4.78, 5) is 31.3. The lowest BCUT2D eigenvalue weighted by Crippen LogP contribution is -2.53. The second-order valence-electron chi connectivity index (χ2n) is 7.85. The molecule has 0 spiro atoms. The molecule has 1 aromatic rings. The number of hydrogen-bond donors (Lipinski definition) is 1. The highest BCUT2D eigenvalue weighted by Gasteiger charge is 2.26. The molecule has 2 saturated heterocycles. The molecular formula is C21H32N4O2. The van der Waals surface area contributed by atoms with Crippen LogP contribution in [0.15, 0.2) is 24.3 Å². The minimum Gasteiger partial charge on any atom is -0.339 e. The van der Waals surface area contributed by atoms with Gasteiger partial charge in [-0.25, -0.2) is 0 Å². The number of piperidine rings is 1. The third kappa shape index (κ3) is 5.53. The highest BCUT2D eigenvalue weighted by Crippen LogP contribution is 2.17. The number of aryl methyl sites for hydroxylation is 1. The van der Waals surface area contributed by atoms with E-state index in [0.717, 1.165) is 56.8 Å². The number of nitrogens with zero attached hydrogens (tertiary/aromatic N) is 3. The van der Waals surface area contributed by atoms with E-state index in [1.807, 2.05) is 36.1 Å². The van der Waals surface area contributed by atoms with Crippen LogP contribution in [0.5, 0.6) is 0 Å². The lowest BCUT2D eigenvalue weighted by molar-refractivity contribution is -0.136. The van der Waals surface area contributed by atoms with Gasteiger partial charge in [0.1, 0.15) is 0 Å². The van der Waals surface area contributed by atoms with Crippen molar-refractivity contribution in [2.75, 3.05) is 51.1 Å². The van der Waals surface area contributed by atoms with Crippen molar-refractivity contribution < 1.29 is 9.59 Å². The van der Waals surface area contributed by atoms with Crippen molar-refractivity contribution in [2.24, 2.45) is 0 Å². The number of carbonyl (C=O) groups is 2. The van der Waals surface area contributed by atoms with Crippen molar-refractivity contribution in [1.82, 2.24) is 14.7 Å². The Morgan fingerprint density at radius 3 is 2.33 bits per heavy atom. The number of piperazine rings is 1. The third-order valence-electron chi connectivity index (χ3n) is 5.73. The Morgan fingerprint density at radius 2 is 1.67 bits per heavy atom. The van der Waals surface area contributed by atoms with Crippen LogP contribution < -0.4 is 5.32 Å². The first-order valence-electron chi connectivity index (χ1n) is 10.1. The van der Waals surface area contributed by atoms with Crippen LogP contribution in [-0.4, -0.2) is 78.4 Å². The second kappa shape index (κ2) is 9.33. The van der Waals surface area contributed by atoms with Crippen LogP contribution >= 0.6 is 0 Å². The maximum Gasteiger partial charge on any atom is 0.238 e. The molecule has 6 heteroatoms. The van der Waals surface area contributed by atoms with Gasteiger partial charge in [-0.2, -0.15) is 0 Å². The van der Waals surface area contributed by atoms with Crippen LogP contribution in [0.4, 0.5) is 5.69 Å². The molecule has 0 bridgehead atoms. The molecule has 1 atom stereocenters. The molecule has 2 aliphatic rings. The predicted molar refractivity (Wildman–Crippen MR) is 108 cm³/mol. The van der Waals surface area contributed by atoms with Crippen molar-refractivity contribution in [1.29, 1.82) is 0 Å². The van der Waals surface area contributed by atoms with Crippen molar-refractivity contribution in [2.45, 2.75) is 39.2 Å². The molecule has 3 rings (SSSR count). The maximum atomic E-state index is 12.6. The fourth-order valence-corrected chi connectivity index (χ4v) is 3.96. The molecule has 1 aromatic carbocycles. The molecule has 2 fully saturated rings. The summed E-state index contributed by atoms with van der Waals surface area (Å²) in [6, 6.07) is 8.20. The predicted octanol–water partition coefficient (Wildman–Crippen LogP) is 1.95. The Balaban J connectivity index is 1.40. The summed E-state index contributed by atoms with van der Waals surface area (Å²) in [5.74, 6) is 0.281. The zero-order valence-electron chi connectivity index (χ0n) is 16.6. The molecule has 2 amide bonds. The van der Waals surface area contributed by atoms with Crippen molar-refractivity contribution in [3.05, 3.63) is 29.8 Å². The van der Waals surface area contributed by atoms with Gasteiger partial charge in [0.25, 0.3) is 0 Å². The van der Waals surface area contributed by atoms with Gasteiger partial charge in [0.05, 0.1) is 13.1 Å². The van der Waals surface area contributed by atoms with Gasteiger partial charge in [-0.1, -0.05) is 18.2 Å². The molecule has 0 radical (unpaired) electrons. The first kappa shape index (κ1) is 19.8. The molecule has 1 N–H and O–H groups in total. The number of anilines is 1. The van der Waals surface area contributed by atoms with Gasteiger partial charge in [0, 0.05) is 44.5 Å². The Morgan fingerprint density at radius 1 is 1.00 bits per heavy atom. The van der Waals surface area contributed by atoms with E-state index < -0.39 is 0 Å². The van der Waals surface area contributed by atoms with E-state index in [2.05, 4.69) is 22.0 Å². The van der Waals surface area contributed by atoms with Crippen molar-refractivity contribution >= 4 is 17.5 Å². The largest absolute Gasteiger partial charge is 0.339 e. The van der Waals surface area contributed by atoms with Crippen molar-refractivity contribution in [3.8, 4) is 0 Å². The van der Waals surface area contributed by atoms with Gasteiger partial charge in [-0.05, 0) is 44.7 Å². The molecule has 27 heavy (non-hydrogen) atoms. The van der Waals surface area contributed by atoms with Crippen LogP contribution in [-0.2, 0) is 9.59 Å². The molecule has 2 heterocycles. The molecule has 2 aliphatic heterocycles. The Kier molecular flexibility index (Phi) is 6.85. The van der Waals surface area contributed by atoms with Gasteiger partial charge in [-0.15, -0.1) is 0 Å². The summed E-state index contributed by atoms with van der Waals surface area (Å²) in [6.45, 7) is 9.29. The third-order valence-corrected chi connectivity index (χ3v) is 5.73. The number of para-hydroxylation sites is 1. The van der Waals surface area contributed by atoms with Gasteiger partial charge in [0.2, 0.25) is 11.8 Å². The Bertz CT molecular complexity index is 655. The Labute approximate surface area is 162 Å². The molecule has 148 valence electrons. The first-order valence-corrected chi connectivity index (χ1v) is 10.1. The molecule has 1 unspecified atom stereocenters. The average Bonchev–Trinajstić information content (AvgIpc) is 2.65. The Hall–Kier alpha value is -1.92. The lowest BCUT2D eigenvalue weighted by atomic mass is 10.0. The fourth-order valence-electron chi connectivity index (χ4n) is 3.96. The number of hydrogen-bond acceptors (Lipinski definition) is 4. The second-order valence-corrected chi connectivity index (χ2v) is 7.85. The summed E-state index contributed by atoms with van der Waals surface area (Å²) in [5, 5.41) is 2.99. The number of likely N-dealkylation sites (tertiary alicyclic amines) is 1. The number of benzene rings is 1. The van der Waals surface area contributed by atoms with Gasteiger partial charge in [0.15, 0.2) is 0 Å². The van der Waals surface area contributed by atoms with Crippen LogP contribution in [0.2, 0.25) is 0 Å². The molecule has 0 saturated carbocycles. The van der Waals surface area contributed by atoms with E-state index in [1.54, 1.807) is 0 Å². The lowest BCUT2D eigenvalue weighted by Gasteiger charge is -2.37. The smallest absolute Gasteiger partial charge is 0.238 e. The quantitative estimate of drug-likeness (QED) is 0.858. The summed E-state index contributed by atoms with van der Waals surface area (Å²) < 4.78 is 0. The summed E-state index contributed by atoms with van der Waals surface area (Å²) >= 11 is 0. The van der Waals surface area contributed by atoms with Gasteiger partial charge >= 0.3 is 0 Å². The van der Waals surface area contributed by atoms with Crippen LogP contribution in [0, 0.1) is 6.92 Å². The topological polar surface area (TPSA) is 55.9 Å². The number of nitrogens with one attached hydrogen (secondary N) is 1. The standard InChI is InChI=1S/C21H32N4O2/c1-17-7-3-4-9-19(17)22-20(26)15-23-11-13-24(14-12-23)16-21(27)25-10-6-5-8-18(25)2/h3-4,7,9,18H,5-6,8,10-16H2,1-2H3,(H,22,26). The summed E-state index contributed by atoms with van der Waals surface area (Å²) in [7, 11) is 0. The summed E-state index contributed by atoms with van der Waals surface area (Å²) in [6.07, 6.45) is 3.48. The van der Waals surface area contributed by atoms with Gasteiger partial charge < -0.3 is 10.2 Å². The first-order chi connectivity index (χ1) is 13.0. The van der Waals surface area contributed by atoms with E-state index in [1.165, 1.54) is 6.42 Å².